The molecule has 0 saturated carbocycles. The lowest BCUT2D eigenvalue weighted by Crippen LogP contribution is -2.24. The van der Waals surface area contributed by atoms with Gasteiger partial charge in [0.2, 0.25) is 0 Å². The lowest BCUT2D eigenvalue weighted by molar-refractivity contribution is 0.0943. The number of nitrogen functional groups attached to an aromatic ring is 1. The quantitative estimate of drug-likeness (QED) is 0.892. The van der Waals surface area contributed by atoms with Gasteiger partial charge in [0.1, 0.15) is 5.69 Å². The fourth-order valence-corrected chi connectivity index (χ4v) is 1.95. The summed E-state index contributed by atoms with van der Waals surface area (Å²) in [7, 11) is 1.78. The molecule has 0 fully saturated rings. The van der Waals surface area contributed by atoms with Crippen LogP contribution in [0.15, 0.2) is 36.5 Å². The SMILES string of the molecule is Cn1cc(N)cc1C(=O)NCc1cccc(Cl)c1. The Bertz CT molecular complexity index is 577. The number of amides is 1. The van der Waals surface area contributed by atoms with Crippen LogP contribution in [0.4, 0.5) is 5.69 Å². The van der Waals surface area contributed by atoms with Gasteiger partial charge >= 0.3 is 0 Å². The average molecular weight is 264 g/mol. The van der Waals surface area contributed by atoms with Gasteiger partial charge < -0.3 is 15.6 Å². The first-order valence-electron chi connectivity index (χ1n) is 5.51. The van der Waals surface area contributed by atoms with Gasteiger partial charge in [-0.25, -0.2) is 0 Å². The Labute approximate surface area is 110 Å². The number of aryl methyl sites for hydroxylation is 1. The molecule has 1 heterocycles. The van der Waals surface area contributed by atoms with E-state index in [1.165, 1.54) is 0 Å². The number of carbonyl (C=O) groups excluding carboxylic acids is 1. The van der Waals surface area contributed by atoms with Crippen LogP contribution >= 0.6 is 11.6 Å². The van der Waals surface area contributed by atoms with Crippen LogP contribution in [0.25, 0.3) is 0 Å². The van der Waals surface area contributed by atoms with E-state index in [4.69, 9.17) is 17.3 Å². The number of halogens is 1. The third-order valence-electron chi connectivity index (χ3n) is 2.60. The molecule has 0 spiro atoms. The number of hydrogen-bond donors (Lipinski definition) is 2. The normalized spacial score (nSPS) is 10.3. The molecular formula is C13H14ClN3O. The fraction of sp³-hybridized carbons (Fsp3) is 0.154. The first kappa shape index (κ1) is 12.5. The van der Waals surface area contributed by atoms with E-state index in [1.54, 1.807) is 29.9 Å². The Balaban J connectivity index is 2.03. The van der Waals surface area contributed by atoms with Crippen molar-refractivity contribution in [1.82, 2.24) is 9.88 Å². The molecule has 3 N–H and O–H groups in total. The maximum Gasteiger partial charge on any atom is 0.268 e. The Morgan fingerprint density at radius 3 is 2.83 bits per heavy atom. The van der Waals surface area contributed by atoms with Gasteiger partial charge in [-0.1, -0.05) is 23.7 Å². The molecule has 0 aliphatic heterocycles. The van der Waals surface area contributed by atoms with Gasteiger partial charge in [0, 0.05) is 24.8 Å². The summed E-state index contributed by atoms with van der Waals surface area (Å²) in [5, 5.41) is 3.48. The maximum atomic E-state index is 11.9. The average Bonchev–Trinajstić information content (AvgIpc) is 2.66. The second-order valence-corrected chi connectivity index (χ2v) is 4.52. The van der Waals surface area contributed by atoms with Crippen molar-refractivity contribution in [3.8, 4) is 0 Å². The molecule has 94 valence electrons. The summed E-state index contributed by atoms with van der Waals surface area (Å²) in [5.74, 6) is -0.158. The Morgan fingerprint density at radius 2 is 2.22 bits per heavy atom. The third kappa shape index (κ3) is 2.84. The lowest BCUT2D eigenvalue weighted by Gasteiger charge is -2.06. The fourth-order valence-electron chi connectivity index (χ4n) is 1.74. The largest absolute Gasteiger partial charge is 0.397 e. The number of anilines is 1. The van der Waals surface area contributed by atoms with Crippen molar-refractivity contribution in [3.63, 3.8) is 0 Å². The molecule has 2 rings (SSSR count). The molecule has 2 aromatic rings. The number of aromatic nitrogens is 1. The number of nitrogens with zero attached hydrogens (tertiary/aromatic N) is 1. The van der Waals surface area contributed by atoms with E-state index < -0.39 is 0 Å². The monoisotopic (exact) mass is 263 g/mol. The Morgan fingerprint density at radius 1 is 1.44 bits per heavy atom. The molecule has 1 amide bonds. The van der Waals surface area contributed by atoms with Crippen LogP contribution in [-0.4, -0.2) is 10.5 Å². The molecule has 5 heteroatoms. The summed E-state index contributed by atoms with van der Waals surface area (Å²) in [4.78, 5) is 11.9. The Kier molecular flexibility index (Phi) is 3.58. The summed E-state index contributed by atoms with van der Waals surface area (Å²) >= 11 is 5.87. The predicted molar refractivity (Wildman–Crippen MR) is 72.4 cm³/mol. The van der Waals surface area contributed by atoms with Gasteiger partial charge in [-0.2, -0.15) is 0 Å². The summed E-state index contributed by atoms with van der Waals surface area (Å²) in [6.07, 6.45) is 1.70. The van der Waals surface area contributed by atoms with Crippen molar-refractivity contribution in [2.75, 3.05) is 5.73 Å². The number of carbonyl (C=O) groups is 1. The van der Waals surface area contributed by atoms with Gasteiger partial charge in [0.25, 0.3) is 5.91 Å². The molecule has 0 unspecified atom stereocenters. The van der Waals surface area contributed by atoms with Crippen LogP contribution in [-0.2, 0) is 13.6 Å². The minimum Gasteiger partial charge on any atom is -0.397 e. The summed E-state index contributed by atoms with van der Waals surface area (Å²) < 4.78 is 1.70. The topological polar surface area (TPSA) is 60.0 Å². The van der Waals surface area contributed by atoms with E-state index in [2.05, 4.69) is 5.32 Å². The smallest absolute Gasteiger partial charge is 0.268 e. The second-order valence-electron chi connectivity index (χ2n) is 4.08. The van der Waals surface area contributed by atoms with Crippen LogP contribution in [0.1, 0.15) is 16.1 Å². The van der Waals surface area contributed by atoms with Gasteiger partial charge in [-0.15, -0.1) is 0 Å². The van der Waals surface area contributed by atoms with Crippen LogP contribution in [0.5, 0.6) is 0 Å². The molecular weight excluding hydrogens is 250 g/mol. The summed E-state index contributed by atoms with van der Waals surface area (Å²) in [5.41, 5.74) is 7.69. The number of benzene rings is 1. The first-order valence-corrected chi connectivity index (χ1v) is 5.88. The van der Waals surface area contributed by atoms with Crippen LogP contribution in [0.3, 0.4) is 0 Å². The second kappa shape index (κ2) is 5.14. The zero-order chi connectivity index (χ0) is 13.1. The molecule has 1 aromatic carbocycles. The highest BCUT2D eigenvalue weighted by Crippen LogP contribution is 2.11. The number of rotatable bonds is 3. The maximum absolute atomic E-state index is 11.9. The molecule has 0 aliphatic rings. The van der Waals surface area contributed by atoms with Crippen molar-refractivity contribution in [2.24, 2.45) is 7.05 Å². The summed E-state index contributed by atoms with van der Waals surface area (Å²) in [6, 6.07) is 9.02. The zero-order valence-electron chi connectivity index (χ0n) is 9.98. The number of hydrogen-bond acceptors (Lipinski definition) is 2. The zero-order valence-corrected chi connectivity index (χ0v) is 10.7. The molecule has 0 radical (unpaired) electrons. The molecule has 0 bridgehead atoms. The first-order chi connectivity index (χ1) is 8.56. The van der Waals surface area contributed by atoms with E-state index >= 15 is 0 Å². The predicted octanol–water partition coefficient (Wildman–Crippen LogP) is 2.19. The van der Waals surface area contributed by atoms with Crippen molar-refractivity contribution in [3.05, 3.63) is 52.8 Å². The van der Waals surface area contributed by atoms with Crippen LogP contribution < -0.4 is 11.1 Å². The number of nitrogens with one attached hydrogen (secondary N) is 1. The molecule has 0 atom stereocenters. The molecule has 0 saturated heterocycles. The summed E-state index contributed by atoms with van der Waals surface area (Å²) in [6.45, 7) is 0.435. The third-order valence-corrected chi connectivity index (χ3v) is 2.84. The Hall–Kier alpha value is -1.94. The van der Waals surface area contributed by atoms with Gasteiger partial charge in [0.15, 0.2) is 0 Å². The van der Waals surface area contributed by atoms with Crippen molar-refractivity contribution < 1.29 is 4.79 Å². The van der Waals surface area contributed by atoms with E-state index in [-0.39, 0.29) is 5.91 Å². The van der Waals surface area contributed by atoms with E-state index in [0.717, 1.165) is 5.56 Å². The number of nitrogens with two attached hydrogens (primary N) is 1. The van der Waals surface area contributed by atoms with Gasteiger partial charge in [0.05, 0.1) is 5.69 Å². The standard InChI is InChI=1S/C13H14ClN3O/c1-17-8-11(15)6-12(17)13(18)16-7-9-3-2-4-10(14)5-9/h2-6,8H,7,15H2,1H3,(H,16,18). The van der Waals surface area contributed by atoms with E-state index in [1.807, 2.05) is 18.2 Å². The van der Waals surface area contributed by atoms with E-state index in [0.29, 0.717) is 22.9 Å². The van der Waals surface area contributed by atoms with Crippen LogP contribution in [0, 0.1) is 0 Å². The van der Waals surface area contributed by atoms with Crippen molar-refractivity contribution in [1.29, 1.82) is 0 Å². The molecule has 18 heavy (non-hydrogen) atoms. The molecule has 0 aliphatic carbocycles. The highest BCUT2D eigenvalue weighted by molar-refractivity contribution is 6.30. The highest BCUT2D eigenvalue weighted by Gasteiger charge is 2.10. The molecule has 4 nitrogen and oxygen atoms in total. The highest BCUT2D eigenvalue weighted by atomic mass is 35.5. The van der Waals surface area contributed by atoms with Gasteiger partial charge in [-0.3, -0.25) is 4.79 Å². The van der Waals surface area contributed by atoms with Gasteiger partial charge in [-0.05, 0) is 23.8 Å². The van der Waals surface area contributed by atoms with Crippen molar-refractivity contribution >= 4 is 23.2 Å². The molecule has 1 aromatic heterocycles. The van der Waals surface area contributed by atoms with Crippen LogP contribution in [0.2, 0.25) is 5.02 Å². The van der Waals surface area contributed by atoms with Crippen molar-refractivity contribution in [2.45, 2.75) is 6.54 Å². The van der Waals surface area contributed by atoms with E-state index in [9.17, 15) is 4.79 Å². The minimum absolute atomic E-state index is 0.158. The lowest BCUT2D eigenvalue weighted by atomic mass is 10.2. The minimum atomic E-state index is -0.158.